The predicted molar refractivity (Wildman–Crippen MR) is 120 cm³/mol. The number of carbonyl (C=O) groups excluding carboxylic acids is 2. The number of aryl methyl sites for hydroxylation is 1. The summed E-state index contributed by atoms with van der Waals surface area (Å²) in [6.07, 6.45) is 1.80. The quantitative estimate of drug-likeness (QED) is 0.608. The molecule has 1 aliphatic heterocycles. The maximum absolute atomic E-state index is 13.0. The van der Waals surface area contributed by atoms with Gasteiger partial charge in [0, 0.05) is 18.8 Å². The number of rotatable bonds is 8. The second-order valence-electron chi connectivity index (χ2n) is 7.54. The van der Waals surface area contributed by atoms with Crippen molar-refractivity contribution in [2.75, 3.05) is 32.1 Å². The third-order valence-corrected chi connectivity index (χ3v) is 7.31. The Hall–Kier alpha value is -2.91. The molecule has 0 bridgehead atoms. The van der Waals surface area contributed by atoms with E-state index in [1.807, 2.05) is 25.1 Å². The van der Waals surface area contributed by atoms with Crippen LogP contribution in [0.4, 0.5) is 5.69 Å². The first-order valence-corrected chi connectivity index (χ1v) is 12.0. The fourth-order valence-corrected chi connectivity index (χ4v) is 5.17. The van der Waals surface area contributed by atoms with Crippen molar-refractivity contribution in [3.05, 3.63) is 54.1 Å². The summed E-state index contributed by atoms with van der Waals surface area (Å²) in [7, 11) is -2.24. The number of piperidine rings is 1. The Labute approximate surface area is 188 Å². The van der Waals surface area contributed by atoms with Crippen LogP contribution in [0.3, 0.4) is 0 Å². The Morgan fingerprint density at radius 2 is 1.84 bits per heavy atom. The Balaban J connectivity index is 1.57. The lowest BCUT2D eigenvalue weighted by Crippen LogP contribution is -2.43. The number of methoxy groups -OCH3 is 1. The van der Waals surface area contributed by atoms with Crippen molar-refractivity contribution in [2.24, 2.45) is 5.92 Å². The average molecular weight is 461 g/mol. The fourth-order valence-electron chi connectivity index (χ4n) is 3.64. The molecule has 3 rings (SSSR count). The number of hydrogen-bond donors (Lipinski definition) is 1. The lowest BCUT2D eigenvalue weighted by Gasteiger charge is -2.30. The number of sulfonamides is 1. The Morgan fingerprint density at radius 1 is 1.12 bits per heavy atom. The first-order valence-electron chi connectivity index (χ1n) is 10.5. The van der Waals surface area contributed by atoms with E-state index in [-0.39, 0.29) is 11.4 Å². The molecule has 1 amide bonds. The molecular weight excluding hydrogens is 432 g/mol. The summed E-state index contributed by atoms with van der Waals surface area (Å²) in [6, 6.07) is 13.5. The molecular formula is C23H28N2O6S. The number of carbonyl (C=O) groups is 2. The van der Waals surface area contributed by atoms with Crippen LogP contribution in [-0.2, 0) is 30.8 Å². The molecule has 1 N–H and O–H groups in total. The van der Waals surface area contributed by atoms with Crippen LogP contribution in [0.15, 0.2) is 53.4 Å². The third-order valence-electron chi connectivity index (χ3n) is 5.43. The van der Waals surface area contributed by atoms with E-state index in [1.54, 1.807) is 18.2 Å². The van der Waals surface area contributed by atoms with Gasteiger partial charge in [0.25, 0.3) is 5.91 Å². The number of benzene rings is 2. The van der Waals surface area contributed by atoms with Gasteiger partial charge < -0.3 is 14.8 Å². The van der Waals surface area contributed by atoms with Gasteiger partial charge in [-0.05, 0) is 55.2 Å². The van der Waals surface area contributed by atoms with E-state index in [2.05, 4.69) is 5.32 Å². The molecule has 2 aromatic carbocycles. The number of nitrogens with zero attached hydrogens (tertiary/aromatic N) is 1. The first kappa shape index (κ1) is 23.7. The van der Waals surface area contributed by atoms with Crippen molar-refractivity contribution in [2.45, 2.75) is 31.1 Å². The smallest absolute Gasteiger partial charge is 0.310 e. The summed E-state index contributed by atoms with van der Waals surface area (Å²) >= 11 is 0. The summed E-state index contributed by atoms with van der Waals surface area (Å²) in [5, 5.41) is 2.75. The molecule has 0 spiro atoms. The van der Waals surface area contributed by atoms with Crippen molar-refractivity contribution < 1.29 is 27.5 Å². The zero-order valence-electron chi connectivity index (χ0n) is 18.2. The minimum Gasteiger partial charge on any atom is -0.497 e. The van der Waals surface area contributed by atoms with Crippen LogP contribution in [0.25, 0.3) is 0 Å². The van der Waals surface area contributed by atoms with E-state index in [1.165, 1.54) is 23.5 Å². The maximum atomic E-state index is 13.0. The molecule has 8 nitrogen and oxygen atoms in total. The second-order valence-corrected chi connectivity index (χ2v) is 9.48. The Morgan fingerprint density at radius 3 is 2.53 bits per heavy atom. The highest BCUT2D eigenvalue weighted by Gasteiger charge is 2.34. The van der Waals surface area contributed by atoms with Crippen LogP contribution in [-0.4, -0.2) is 51.4 Å². The lowest BCUT2D eigenvalue weighted by molar-refractivity contribution is -0.152. The molecule has 0 radical (unpaired) electrons. The van der Waals surface area contributed by atoms with Gasteiger partial charge in [0.15, 0.2) is 6.61 Å². The van der Waals surface area contributed by atoms with Crippen LogP contribution < -0.4 is 10.1 Å². The fraction of sp³-hybridized carbons (Fsp3) is 0.391. The Kier molecular flexibility index (Phi) is 7.87. The number of nitrogens with one attached hydrogen (secondary N) is 1. The highest BCUT2D eigenvalue weighted by atomic mass is 32.2. The van der Waals surface area contributed by atoms with Gasteiger partial charge in [-0.1, -0.05) is 25.1 Å². The van der Waals surface area contributed by atoms with E-state index < -0.39 is 34.4 Å². The number of amides is 1. The predicted octanol–water partition coefficient (Wildman–Crippen LogP) is 2.84. The molecule has 1 atom stereocenters. The summed E-state index contributed by atoms with van der Waals surface area (Å²) < 4.78 is 37.5. The molecule has 0 saturated carbocycles. The molecule has 2 aromatic rings. The SMILES string of the molecule is CCc1ccccc1NC(=O)COC(=O)C1CCCN(S(=O)(=O)c2ccc(OC)cc2)C1. The summed E-state index contributed by atoms with van der Waals surface area (Å²) in [5.41, 5.74) is 1.67. The lowest BCUT2D eigenvalue weighted by atomic mass is 10.00. The molecule has 172 valence electrons. The van der Waals surface area contributed by atoms with E-state index in [4.69, 9.17) is 9.47 Å². The molecule has 1 unspecified atom stereocenters. The second kappa shape index (κ2) is 10.6. The Bertz CT molecular complexity index is 1050. The number of para-hydroxylation sites is 1. The van der Waals surface area contributed by atoms with E-state index >= 15 is 0 Å². The van der Waals surface area contributed by atoms with Gasteiger partial charge in [-0.25, -0.2) is 8.42 Å². The van der Waals surface area contributed by atoms with Crippen LogP contribution in [0.2, 0.25) is 0 Å². The van der Waals surface area contributed by atoms with Gasteiger partial charge in [-0.3, -0.25) is 9.59 Å². The average Bonchev–Trinajstić information content (AvgIpc) is 2.83. The first-order chi connectivity index (χ1) is 15.3. The number of ether oxygens (including phenoxy) is 2. The largest absolute Gasteiger partial charge is 0.497 e. The van der Waals surface area contributed by atoms with Gasteiger partial charge in [-0.15, -0.1) is 0 Å². The molecule has 0 aromatic heterocycles. The van der Waals surface area contributed by atoms with Gasteiger partial charge >= 0.3 is 5.97 Å². The molecule has 9 heteroatoms. The van der Waals surface area contributed by atoms with Crippen LogP contribution in [0.1, 0.15) is 25.3 Å². The minimum absolute atomic E-state index is 0.0213. The van der Waals surface area contributed by atoms with Gasteiger partial charge in [0.2, 0.25) is 10.0 Å². The monoisotopic (exact) mass is 460 g/mol. The molecule has 0 aliphatic carbocycles. The highest BCUT2D eigenvalue weighted by Crippen LogP contribution is 2.26. The molecule has 32 heavy (non-hydrogen) atoms. The van der Waals surface area contributed by atoms with Crippen molar-refractivity contribution in [1.82, 2.24) is 4.31 Å². The summed E-state index contributed by atoms with van der Waals surface area (Å²) in [6.45, 7) is 1.92. The molecule has 1 heterocycles. The normalized spacial score (nSPS) is 16.9. The van der Waals surface area contributed by atoms with Gasteiger partial charge in [-0.2, -0.15) is 4.31 Å². The zero-order chi connectivity index (χ0) is 23.1. The van der Waals surface area contributed by atoms with Gasteiger partial charge in [0.05, 0.1) is 17.9 Å². The van der Waals surface area contributed by atoms with Gasteiger partial charge in [0.1, 0.15) is 5.75 Å². The summed E-state index contributed by atoms with van der Waals surface area (Å²) in [4.78, 5) is 24.9. The van der Waals surface area contributed by atoms with Crippen LogP contribution in [0, 0.1) is 5.92 Å². The van der Waals surface area contributed by atoms with Crippen molar-refractivity contribution in [3.8, 4) is 5.75 Å². The highest BCUT2D eigenvalue weighted by molar-refractivity contribution is 7.89. The minimum atomic E-state index is -3.74. The molecule has 1 fully saturated rings. The van der Waals surface area contributed by atoms with Crippen molar-refractivity contribution in [1.29, 1.82) is 0 Å². The van der Waals surface area contributed by atoms with E-state index in [0.29, 0.717) is 30.8 Å². The third kappa shape index (κ3) is 5.66. The standard InChI is InChI=1S/C23H28N2O6S/c1-3-17-7-4-5-9-21(17)24-22(26)16-31-23(27)18-8-6-14-25(15-18)32(28,29)20-12-10-19(30-2)11-13-20/h4-5,7,9-13,18H,3,6,8,14-16H2,1-2H3,(H,24,26). The number of anilines is 1. The van der Waals surface area contributed by atoms with Crippen LogP contribution in [0.5, 0.6) is 5.75 Å². The molecule has 1 saturated heterocycles. The van der Waals surface area contributed by atoms with Crippen LogP contribution >= 0.6 is 0 Å². The van der Waals surface area contributed by atoms with E-state index in [9.17, 15) is 18.0 Å². The van der Waals surface area contributed by atoms with Crippen molar-refractivity contribution >= 4 is 27.6 Å². The molecule has 1 aliphatic rings. The van der Waals surface area contributed by atoms with Crippen molar-refractivity contribution in [3.63, 3.8) is 0 Å². The topological polar surface area (TPSA) is 102 Å². The maximum Gasteiger partial charge on any atom is 0.310 e. The number of esters is 1. The summed E-state index contributed by atoms with van der Waals surface area (Å²) in [5.74, 6) is -1.06. The zero-order valence-corrected chi connectivity index (χ0v) is 19.1. The van der Waals surface area contributed by atoms with E-state index in [0.717, 1.165) is 12.0 Å². The number of hydrogen-bond acceptors (Lipinski definition) is 6.